The van der Waals surface area contributed by atoms with E-state index in [0.717, 1.165) is 0 Å². The molecule has 0 fully saturated rings. The molecule has 0 radical (unpaired) electrons. The Kier molecular flexibility index (Phi) is 3.75. The van der Waals surface area contributed by atoms with Gasteiger partial charge in [-0.2, -0.15) is 0 Å². The molecule has 0 aliphatic carbocycles. The maximum absolute atomic E-state index is 9.59. The molecule has 0 bridgehead atoms. The van der Waals surface area contributed by atoms with E-state index in [1.54, 1.807) is 18.3 Å². The third-order valence-electron chi connectivity index (χ3n) is 1.66. The Morgan fingerprint density at radius 3 is 3.08 bits per heavy atom. The molecule has 1 atom stereocenters. The Morgan fingerprint density at radius 2 is 2.46 bits per heavy atom. The van der Waals surface area contributed by atoms with Crippen LogP contribution in [0.3, 0.4) is 0 Å². The first-order valence-electron chi connectivity index (χ1n) is 3.97. The van der Waals surface area contributed by atoms with Gasteiger partial charge in [0.05, 0.1) is 16.8 Å². The fourth-order valence-corrected chi connectivity index (χ4v) is 1.25. The summed E-state index contributed by atoms with van der Waals surface area (Å²) >= 11 is 5.82. The maximum Gasteiger partial charge on any atom is 0.0984 e. The number of terminal acetylenes is 1. The molecular formula is C10H10ClNO. The molecule has 3 heteroatoms. The first-order valence-corrected chi connectivity index (χ1v) is 4.35. The summed E-state index contributed by atoms with van der Waals surface area (Å²) in [6.07, 6.45) is 7.03. The van der Waals surface area contributed by atoms with Crippen molar-refractivity contribution in [2.45, 2.75) is 18.9 Å². The van der Waals surface area contributed by atoms with Crippen LogP contribution in [-0.2, 0) is 0 Å². The average molecular weight is 196 g/mol. The minimum atomic E-state index is -0.662. The highest BCUT2D eigenvalue weighted by Gasteiger charge is 2.11. The molecule has 1 rings (SSSR count). The highest BCUT2D eigenvalue weighted by atomic mass is 35.5. The second-order valence-electron chi connectivity index (χ2n) is 2.63. The first kappa shape index (κ1) is 10.0. The fourth-order valence-electron chi connectivity index (χ4n) is 1.000. The van der Waals surface area contributed by atoms with Crippen LogP contribution in [0, 0.1) is 12.3 Å². The molecule has 1 aromatic heterocycles. The molecule has 13 heavy (non-hydrogen) atoms. The number of hydrogen-bond acceptors (Lipinski definition) is 2. The Morgan fingerprint density at radius 1 is 1.69 bits per heavy atom. The van der Waals surface area contributed by atoms with E-state index in [1.165, 1.54) is 0 Å². The van der Waals surface area contributed by atoms with Gasteiger partial charge in [0.2, 0.25) is 0 Å². The Hall–Kier alpha value is -1.04. The number of hydrogen-bond donors (Lipinski definition) is 1. The van der Waals surface area contributed by atoms with Crippen LogP contribution in [0.25, 0.3) is 0 Å². The van der Waals surface area contributed by atoms with Crippen LogP contribution < -0.4 is 0 Å². The SMILES string of the molecule is C#CCCC(O)c1ncccc1Cl. The number of aromatic nitrogens is 1. The van der Waals surface area contributed by atoms with Gasteiger partial charge in [-0.3, -0.25) is 4.98 Å². The lowest BCUT2D eigenvalue weighted by atomic mass is 10.1. The van der Waals surface area contributed by atoms with Crippen molar-refractivity contribution in [3.63, 3.8) is 0 Å². The summed E-state index contributed by atoms with van der Waals surface area (Å²) in [6.45, 7) is 0. The van der Waals surface area contributed by atoms with E-state index >= 15 is 0 Å². The van der Waals surface area contributed by atoms with E-state index in [2.05, 4.69) is 10.9 Å². The Balaban J connectivity index is 2.72. The molecule has 68 valence electrons. The van der Waals surface area contributed by atoms with E-state index in [1.807, 2.05) is 0 Å². The van der Waals surface area contributed by atoms with Crippen molar-refractivity contribution in [3.8, 4) is 12.3 Å². The summed E-state index contributed by atoms with van der Waals surface area (Å²) in [4.78, 5) is 3.98. The van der Waals surface area contributed by atoms with E-state index in [9.17, 15) is 5.11 Å². The van der Waals surface area contributed by atoms with Crippen LogP contribution >= 0.6 is 11.6 Å². The molecule has 1 N–H and O–H groups in total. The molecule has 1 heterocycles. The van der Waals surface area contributed by atoms with Crippen LogP contribution in [0.5, 0.6) is 0 Å². The predicted octanol–water partition coefficient (Wildman–Crippen LogP) is 2.18. The van der Waals surface area contributed by atoms with Crippen molar-refractivity contribution in [2.75, 3.05) is 0 Å². The van der Waals surface area contributed by atoms with Crippen molar-refractivity contribution < 1.29 is 5.11 Å². The van der Waals surface area contributed by atoms with Gasteiger partial charge in [0, 0.05) is 12.6 Å². The van der Waals surface area contributed by atoms with Crippen LogP contribution in [0.15, 0.2) is 18.3 Å². The summed E-state index contributed by atoms with van der Waals surface area (Å²) in [5.41, 5.74) is 0.499. The van der Waals surface area contributed by atoms with Gasteiger partial charge in [-0.1, -0.05) is 11.6 Å². The quantitative estimate of drug-likeness (QED) is 0.750. The van der Waals surface area contributed by atoms with Crippen molar-refractivity contribution in [3.05, 3.63) is 29.0 Å². The van der Waals surface area contributed by atoms with Crippen LogP contribution in [0.2, 0.25) is 5.02 Å². The second kappa shape index (κ2) is 4.86. The molecule has 0 aliphatic heterocycles. The van der Waals surface area contributed by atoms with E-state index in [4.69, 9.17) is 18.0 Å². The normalized spacial score (nSPS) is 12.1. The second-order valence-corrected chi connectivity index (χ2v) is 3.04. The zero-order valence-electron chi connectivity index (χ0n) is 7.07. The van der Waals surface area contributed by atoms with E-state index in [0.29, 0.717) is 23.6 Å². The summed E-state index contributed by atoms with van der Waals surface area (Å²) in [6, 6.07) is 3.42. The van der Waals surface area contributed by atoms with Crippen molar-refractivity contribution in [1.29, 1.82) is 0 Å². The van der Waals surface area contributed by atoms with E-state index < -0.39 is 6.10 Å². The summed E-state index contributed by atoms with van der Waals surface area (Å²) in [5, 5.41) is 10.1. The number of aliphatic hydroxyl groups excluding tert-OH is 1. The molecule has 1 unspecified atom stereocenters. The minimum Gasteiger partial charge on any atom is -0.387 e. The van der Waals surface area contributed by atoms with Crippen molar-refractivity contribution in [1.82, 2.24) is 4.98 Å². The minimum absolute atomic E-state index is 0.479. The van der Waals surface area contributed by atoms with Gasteiger partial charge in [0.15, 0.2) is 0 Å². The maximum atomic E-state index is 9.59. The molecular weight excluding hydrogens is 186 g/mol. The molecule has 2 nitrogen and oxygen atoms in total. The van der Waals surface area contributed by atoms with Gasteiger partial charge < -0.3 is 5.11 Å². The smallest absolute Gasteiger partial charge is 0.0984 e. The summed E-state index contributed by atoms with van der Waals surface area (Å²) < 4.78 is 0. The number of pyridine rings is 1. The topological polar surface area (TPSA) is 33.1 Å². The standard InChI is InChI=1S/C10H10ClNO/c1-2-3-6-9(13)10-8(11)5-4-7-12-10/h1,4-5,7,9,13H,3,6H2. The van der Waals surface area contributed by atoms with Gasteiger partial charge in [0.1, 0.15) is 0 Å². The number of rotatable bonds is 3. The lowest BCUT2D eigenvalue weighted by molar-refractivity contribution is 0.165. The number of halogens is 1. The van der Waals surface area contributed by atoms with Gasteiger partial charge in [0.25, 0.3) is 0 Å². The van der Waals surface area contributed by atoms with Gasteiger partial charge in [-0.15, -0.1) is 12.3 Å². The van der Waals surface area contributed by atoms with Crippen LogP contribution in [0.4, 0.5) is 0 Å². The molecule has 1 aromatic rings. The van der Waals surface area contributed by atoms with Crippen molar-refractivity contribution in [2.24, 2.45) is 0 Å². The monoisotopic (exact) mass is 195 g/mol. The van der Waals surface area contributed by atoms with Gasteiger partial charge in [-0.05, 0) is 18.6 Å². The summed E-state index contributed by atoms with van der Waals surface area (Å²) in [7, 11) is 0. The Labute approximate surface area is 82.6 Å². The zero-order valence-corrected chi connectivity index (χ0v) is 7.83. The van der Waals surface area contributed by atoms with Crippen LogP contribution in [0.1, 0.15) is 24.6 Å². The lowest BCUT2D eigenvalue weighted by Gasteiger charge is -2.08. The third kappa shape index (κ3) is 2.73. The zero-order chi connectivity index (χ0) is 9.68. The largest absolute Gasteiger partial charge is 0.387 e. The molecule has 0 aliphatic rings. The highest BCUT2D eigenvalue weighted by Crippen LogP contribution is 2.22. The molecule has 0 spiro atoms. The van der Waals surface area contributed by atoms with Gasteiger partial charge in [-0.25, -0.2) is 0 Å². The number of aliphatic hydroxyl groups is 1. The Bertz CT molecular complexity index is 319. The molecule has 0 aromatic carbocycles. The first-order chi connectivity index (χ1) is 6.25. The average Bonchev–Trinajstić information content (AvgIpc) is 2.15. The van der Waals surface area contributed by atoms with Crippen LogP contribution in [-0.4, -0.2) is 10.1 Å². The molecule has 0 saturated carbocycles. The summed E-state index contributed by atoms with van der Waals surface area (Å²) in [5.74, 6) is 2.46. The molecule has 0 saturated heterocycles. The predicted molar refractivity (Wildman–Crippen MR) is 52.3 cm³/mol. The van der Waals surface area contributed by atoms with Gasteiger partial charge >= 0.3 is 0 Å². The third-order valence-corrected chi connectivity index (χ3v) is 1.98. The fraction of sp³-hybridized carbons (Fsp3) is 0.300. The highest BCUT2D eigenvalue weighted by molar-refractivity contribution is 6.31. The van der Waals surface area contributed by atoms with Crippen molar-refractivity contribution >= 4 is 11.6 Å². The number of nitrogens with zero attached hydrogens (tertiary/aromatic N) is 1. The van der Waals surface area contributed by atoms with E-state index in [-0.39, 0.29) is 0 Å². The molecule has 0 amide bonds. The lowest BCUT2D eigenvalue weighted by Crippen LogP contribution is -2.00.